The zero-order valence-electron chi connectivity index (χ0n) is 16.5. The largest absolute Gasteiger partial charge is 0.497 e. The summed E-state index contributed by atoms with van der Waals surface area (Å²) in [6.07, 6.45) is 0.607. The van der Waals surface area contributed by atoms with E-state index >= 15 is 0 Å². The van der Waals surface area contributed by atoms with Crippen LogP contribution in [0.3, 0.4) is 0 Å². The molecule has 1 aromatic heterocycles. The number of carbonyl (C=O) groups is 1. The minimum absolute atomic E-state index is 0.210. The van der Waals surface area contributed by atoms with Crippen LogP contribution in [0, 0.1) is 0 Å². The number of hydrogen-bond acceptors (Lipinski definition) is 6. The van der Waals surface area contributed by atoms with Gasteiger partial charge in [-0.15, -0.1) is 5.10 Å². The summed E-state index contributed by atoms with van der Waals surface area (Å²) in [5, 5.41) is 14.1. The number of urea groups is 1. The predicted molar refractivity (Wildman–Crippen MR) is 110 cm³/mol. The number of rotatable bonds is 7. The van der Waals surface area contributed by atoms with Gasteiger partial charge in [0.25, 0.3) is 5.56 Å². The molecule has 9 heteroatoms. The maximum absolute atomic E-state index is 12.6. The molecule has 0 aliphatic carbocycles. The lowest BCUT2D eigenvalue weighted by molar-refractivity contribution is 0.245. The fourth-order valence-corrected chi connectivity index (χ4v) is 2.86. The third-order valence-corrected chi connectivity index (χ3v) is 4.46. The Morgan fingerprint density at radius 3 is 2.48 bits per heavy atom. The first-order valence-electron chi connectivity index (χ1n) is 9.17. The van der Waals surface area contributed by atoms with Crippen molar-refractivity contribution in [3.05, 3.63) is 52.8 Å². The highest BCUT2D eigenvalue weighted by Crippen LogP contribution is 2.25. The van der Waals surface area contributed by atoms with Gasteiger partial charge in [0.15, 0.2) is 0 Å². The standard InChI is InChI=1S/C20H23N5O4/c1-4-13(12-25-19(26)17-7-5-6-8-18(17)23-24-25)21-20(27)22-14-9-15(28-2)11-16(10-14)29-3/h5-11,13H,4,12H2,1-3H3,(H2,21,22,27)/t13-/m1/s1. The van der Waals surface area contributed by atoms with Crippen LogP contribution >= 0.6 is 0 Å². The Hall–Kier alpha value is -3.62. The van der Waals surface area contributed by atoms with Crippen LogP contribution in [0.4, 0.5) is 10.5 Å². The molecule has 0 bridgehead atoms. The molecule has 0 radical (unpaired) electrons. The molecule has 29 heavy (non-hydrogen) atoms. The summed E-state index contributed by atoms with van der Waals surface area (Å²) < 4.78 is 11.7. The normalized spacial score (nSPS) is 11.7. The first kappa shape index (κ1) is 20.1. The highest BCUT2D eigenvalue weighted by molar-refractivity contribution is 5.90. The molecule has 0 unspecified atom stereocenters. The summed E-state index contributed by atoms with van der Waals surface area (Å²) in [5.74, 6) is 1.12. The van der Waals surface area contributed by atoms with Crippen LogP contribution in [0.1, 0.15) is 13.3 Å². The van der Waals surface area contributed by atoms with Crippen LogP contribution in [-0.4, -0.2) is 41.3 Å². The van der Waals surface area contributed by atoms with E-state index in [1.807, 2.05) is 6.92 Å². The van der Waals surface area contributed by atoms with Crippen molar-refractivity contribution in [1.29, 1.82) is 0 Å². The first-order valence-corrected chi connectivity index (χ1v) is 9.17. The highest BCUT2D eigenvalue weighted by atomic mass is 16.5. The van der Waals surface area contributed by atoms with Crippen LogP contribution in [0.25, 0.3) is 10.9 Å². The van der Waals surface area contributed by atoms with Crippen molar-refractivity contribution in [3.63, 3.8) is 0 Å². The van der Waals surface area contributed by atoms with Crippen molar-refractivity contribution in [2.45, 2.75) is 25.9 Å². The number of ether oxygens (including phenoxy) is 2. The van der Waals surface area contributed by atoms with E-state index in [1.165, 1.54) is 18.9 Å². The van der Waals surface area contributed by atoms with Gasteiger partial charge in [-0.2, -0.15) is 0 Å². The molecular formula is C20H23N5O4. The maximum atomic E-state index is 12.6. The molecule has 0 aliphatic rings. The summed E-state index contributed by atoms with van der Waals surface area (Å²) in [5.41, 5.74) is 0.824. The summed E-state index contributed by atoms with van der Waals surface area (Å²) in [4.78, 5) is 25.0. The van der Waals surface area contributed by atoms with Gasteiger partial charge < -0.3 is 20.1 Å². The van der Waals surface area contributed by atoms with Gasteiger partial charge in [0.2, 0.25) is 0 Å². The van der Waals surface area contributed by atoms with Crippen molar-refractivity contribution >= 4 is 22.6 Å². The summed E-state index contributed by atoms with van der Waals surface area (Å²) in [6.45, 7) is 2.13. The molecule has 3 aromatic rings. The number of anilines is 1. The van der Waals surface area contributed by atoms with Crippen LogP contribution in [-0.2, 0) is 6.54 Å². The molecule has 1 atom stereocenters. The number of hydrogen-bond donors (Lipinski definition) is 2. The van der Waals surface area contributed by atoms with Gasteiger partial charge in [-0.05, 0) is 18.6 Å². The van der Waals surface area contributed by atoms with E-state index in [1.54, 1.807) is 42.5 Å². The van der Waals surface area contributed by atoms with E-state index in [4.69, 9.17) is 9.47 Å². The second-order valence-corrected chi connectivity index (χ2v) is 6.40. The SMILES string of the molecule is CC[C@H](Cn1nnc2ccccc2c1=O)NC(=O)Nc1cc(OC)cc(OC)c1. The van der Waals surface area contributed by atoms with Gasteiger partial charge in [0.1, 0.15) is 17.0 Å². The smallest absolute Gasteiger partial charge is 0.319 e. The average Bonchev–Trinajstić information content (AvgIpc) is 2.74. The van der Waals surface area contributed by atoms with Crippen LogP contribution in [0.2, 0.25) is 0 Å². The summed E-state index contributed by atoms with van der Waals surface area (Å²) in [6, 6.07) is 11.4. The molecule has 0 saturated carbocycles. The molecular weight excluding hydrogens is 374 g/mol. The molecule has 3 rings (SSSR count). The third kappa shape index (κ3) is 4.81. The first-order chi connectivity index (χ1) is 14.0. The van der Waals surface area contributed by atoms with Crippen molar-refractivity contribution in [2.24, 2.45) is 0 Å². The molecule has 2 aromatic carbocycles. The average molecular weight is 397 g/mol. The van der Waals surface area contributed by atoms with Gasteiger partial charge in [0, 0.05) is 23.9 Å². The number of aromatic nitrogens is 3. The van der Waals surface area contributed by atoms with E-state index in [2.05, 4.69) is 20.9 Å². The van der Waals surface area contributed by atoms with Crippen LogP contribution in [0.5, 0.6) is 11.5 Å². The fourth-order valence-electron chi connectivity index (χ4n) is 2.86. The number of benzene rings is 2. The summed E-state index contributed by atoms with van der Waals surface area (Å²) >= 11 is 0. The number of methoxy groups -OCH3 is 2. The van der Waals surface area contributed by atoms with Crippen molar-refractivity contribution in [3.8, 4) is 11.5 Å². The lowest BCUT2D eigenvalue weighted by atomic mass is 10.2. The van der Waals surface area contributed by atoms with Gasteiger partial charge in [-0.3, -0.25) is 4.79 Å². The van der Waals surface area contributed by atoms with E-state index in [9.17, 15) is 9.59 Å². The molecule has 152 valence electrons. The molecule has 0 aliphatic heterocycles. The number of nitrogens with one attached hydrogen (secondary N) is 2. The summed E-state index contributed by atoms with van der Waals surface area (Å²) in [7, 11) is 3.07. The highest BCUT2D eigenvalue weighted by Gasteiger charge is 2.15. The van der Waals surface area contributed by atoms with E-state index < -0.39 is 6.03 Å². The maximum Gasteiger partial charge on any atom is 0.319 e. The Balaban J connectivity index is 1.71. The lowest BCUT2D eigenvalue weighted by Gasteiger charge is -2.18. The van der Waals surface area contributed by atoms with Gasteiger partial charge in [-0.25, -0.2) is 9.48 Å². The molecule has 1 heterocycles. The Bertz CT molecular complexity index is 1040. The van der Waals surface area contributed by atoms with Crippen LogP contribution < -0.4 is 25.7 Å². The zero-order chi connectivity index (χ0) is 20.8. The van der Waals surface area contributed by atoms with Crippen LogP contribution in [0.15, 0.2) is 47.3 Å². The predicted octanol–water partition coefficient (Wildman–Crippen LogP) is 2.41. The van der Waals surface area contributed by atoms with Crippen molar-refractivity contribution in [1.82, 2.24) is 20.3 Å². The van der Waals surface area contributed by atoms with Gasteiger partial charge in [-0.1, -0.05) is 24.3 Å². The molecule has 9 nitrogen and oxygen atoms in total. The molecule has 0 spiro atoms. The monoisotopic (exact) mass is 397 g/mol. The van der Waals surface area contributed by atoms with Gasteiger partial charge in [0.05, 0.1) is 32.2 Å². The number of carbonyl (C=O) groups excluding carboxylic acids is 1. The Morgan fingerprint density at radius 2 is 1.83 bits per heavy atom. The molecule has 2 N–H and O–H groups in total. The number of fused-ring (bicyclic) bond motifs is 1. The van der Waals surface area contributed by atoms with Crippen molar-refractivity contribution < 1.29 is 14.3 Å². The van der Waals surface area contributed by atoms with Crippen molar-refractivity contribution in [2.75, 3.05) is 19.5 Å². The van der Waals surface area contributed by atoms with E-state index in [0.29, 0.717) is 34.5 Å². The Kier molecular flexibility index (Phi) is 6.28. The van der Waals surface area contributed by atoms with E-state index in [-0.39, 0.29) is 18.1 Å². The third-order valence-electron chi connectivity index (χ3n) is 4.46. The quantitative estimate of drug-likeness (QED) is 0.634. The zero-order valence-corrected chi connectivity index (χ0v) is 16.5. The molecule has 0 saturated heterocycles. The lowest BCUT2D eigenvalue weighted by Crippen LogP contribution is -2.42. The minimum atomic E-state index is -0.408. The van der Waals surface area contributed by atoms with E-state index in [0.717, 1.165) is 0 Å². The minimum Gasteiger partial charge on any atom is -0.497 e. The molecule has 2 amide bonds. The topological polar surface area (TPSA) is 107 Å². The number of nitrogens with zero attached hydrogens (tertiary/aromatic N) is 3. The fraction of sp³-hybridized carbons (Fsp3) is 0.300. The molecule has 0 fully saturated rings. The van der Waals surface area contributed by atoms with Gasteiger partial charge >= 0.3 is 6.03 Å². The Morgan fingerprint density at radius 1 is 1.14 bits per heavy atom. The second kappa shape index (κ2) is 9.05. The Labute approximate surface area is 167 Å². The second-order valence-electron chi connectivity index (χ2n) is 6.40. The number of amides is 2.